The molecule has 0 radical (unpaired) electrons. The van der Waals surface area contributed by atoms with Crippen molar-refractivity contribution in [2.75, 3.05) is 0 Å². The summed E-state index contributed by atoms with van der Waals surface area (Å²) in [6.07, 6.45) is 1.80. The minimum Gasteiger partial charge on any atom is -0.478 e. The quantitative estimate of drug-likeness (QED) is 0.769. The molecule has 2 rings (SSSR count). The van der Waals surface area contributed by atoms with Crippen molar-refractivity contribution >= 4 is 11.9 Å². The summed E-state index contributed by atoms with van der Waals surface area (Å²) in [5.74, 6) is -2.22. The van der Waals surface area contributed by atoms with E-state index in [1.165, 1.54) is 25.1 Å². The fourth-order valence-corrected chi connectivity index (χ4v) is 1.43. The third-order valence-electron chi connectivity index (χ3n) is 2.43. The zero-order valence-electron chi connectivity index (χ0n) is 10.5. The summed E-state index contributed by atoms with van der Waals surface area (Å²) in [4.78, 5) is 21.2. The number of aryl methyl sites for hydroxylation is 1. The van der Waals surface area contributed by atoms with Crippen molar-refractivity contribution in [1.82, 2.24) is 10.2 Å². The van der Waals surface area contributed by atoms with Crippen LogP contribution < -0.4 is 0 Å². The predicted molar refractivity (Wildman–Crippen MR) is 68.4 cm³/mol. The van der Waals surface area contributed by atoms with Gasteiger partial charge in [0.2, 0.25) is 0 Å². The van der Waals surface area contributed by atoms with E-state index in [0.29, 0.717) is 0 Å². The Morgan fingerprint density at radius 2 is 1.58 bits per heavy atom. The van der Waals surface area contributed by atoms with E-state index in [1.54, 1.807) is 6.20 Å². The Morgan fingerprint density at radius 1 is 1.05 bits per heavy atom. The Labute approximate surface area is 109 Å². The molecular formula is C13H14N2O4. The number of nitrogens with one attached hydrogen (secondary N) is 1. The number of carboxylic acid groups (broad SMARTS) is 2. The third-order valence-corrected chi connectivity index (χ3v) is 2.43. The van der Waals surface area contributed by atoms with E-state index in [1.807, 2.05) is 13.0 Å². The molecule has 0 bridgehead atoms. The molecule has 0 aliphatic carbocycles. The number of aromatic amines is 1. The Morgan fingerprint density at radius 3 is 1.84 bits per heavy atom. The zero-order chi connectivity index (χ0) is 14.4. The fourth-order valence-electron chi connectivity index (χ4n) is 1.43. The minimum absolute atomic E-state index is 0.0277. The van der Waals surface area contributed by atoms with Gasteiger partial charge in [-0.2, -0.15) is 5.10 Å². The summed E-state index contributed by atoms with van der Waals surface area (Å²) in [7, 11) is 0. The standard InChI is InChI=1S/C9H8O4.C4H6N2/c1-5-6(8(10)11)3-2-4-7(5)9(12)13;1-4-2-3-5-6-4/h2-4H,1H3,(H,10,11)(H,12,13);2-3H,1H3,(H,5,6). The van der Waals surface area contributed by atoms with Crippen LogP contribution in [0.5, 0.6) is 0 Å². The van der Waals surface area contributed by atoms with E-state index in [-0.39, 0.29) is 16.7 Å². The first-order valence-corrected chi connectivity index (χ1v) is 5.46. The van der Waals surface area contributed by atoms with Gasteiger partial charge in [0.25, 0.3) is 0 Å². The van der Waals surface area contributed by atoms with E-state index in [4.69, 9.17) is 10.2 Å². The van der Waals surface area contributed by atoms with Gasteiger partial charge in [-0.3, -0.25) is 5.10 Å². The molecule has 1 aromatic carbocycles. The maximum Gasteiger partial charge on any atom is 0.335 e. The number of nitrogens with zero attached hydrogens (tertiary/aromatic N) is 1. The number of carboxylic acids is 2. The topological polar surface area (TPSA) is 103 Å². The second-order valence-corrected chi connectivity index (χ2v) is 3.80. The highest BCUT2D eigenvalue weighted by molar-refractivity contribution is 5.96. The molecule has 100 valence electrons. The number of rotatable bonds is 2. The van der Waals surface area contributed by atoms with Crippen LogP contribution >= 0.6 is 0 Å². The van der Waals surface area contributed by atoms with Crippen molar-refractivity contribution in [2.24, 2.45) is 0 Å². The van der Waals surface area contributed by atoms with Crippen molar-refractivity contribution in [3.63, 3.8) is 0 Å². The SMILES string of the molecule is Cc1c(C(=O)O)cccc1C(=O)O.Cc1cc[nH]n1. The number of hydrogen-bond acceptors (Lipinski definition) is 3. The smallest absolute Gasteiger partial charge is 0.335 e. The number of benzene rings is 1. The first kappa shape index (κ1) is 14.4. The van der Waals surface area contributed by atoms with Gasteiger partial charge >= 0.3 is 11.9 Å². The summed E-state index contributed by atoms with van der Waals surface area (Å²) >= 11 is 0. The number of aromatic carboxylic acids is 2. The normalized spacial score (nSPS) is 9.37. The molecule has 19 heavy (non-hydrogen) atoms. The molecule has 0 spiro atoms. The lowest BCUT2D eigenvalue weighted by molar-refractivity contribution is 0.0696. The van der Waals surface area contributed by atoms with E-state index >= 15 is 0 Å². The third kappa shape index (κ3) is 3.95. The van der Waals surface area contributed by atoms with Gasteiger partial charge in [-0.1, -0.05) is 6.07 Å². The Bertz CT molecular complexity index is 544. The highest BCUT2D eigenvalue weighted by Gasteiger charge is 2.13. The molecule has 6 heteroatoms. The molecule has 0 saturated carbocycles. The molecule has 6 nitrogen and oxygen atoms in total. The van der Waals surface area contributed by atoms with Crippen LogP contribution in [-0.2, 0) is 0 Å². The number of hydrogen-bond donors (Lipinski definition) is 3. The molecule has 0 aliphatic heterocycles. The van der Waals surface area contributed by atoms with Crippen LogP contribution in [0.25, 0.3) is 0 Å². The van der Waals surface area contributed by atoms with E-state index in [9.17, 15) is 9.59 Å². The van der Waals surface area contributed by atoms with Crippen molar-refractivity contribution in [3.05, 3.63) is 52.8 Å². The Kier molecular flexibility index (Phi) is 4.82. The first-order valence-electron chi connectivity index (χ1n) is 5.46. The summed E-state index contributed by atoms with van der Waals surface area (Å²) in [5, 5.41) is 23.8. The molecule has 1 heterocycles. The highest BCUT2D eigenvalue weighted by atomic mass is 16.4. The Hall–Kier alpha value is -2.63. The maximum atomic E-state index is 10.6. The number of aromatic nitrogens is 2. The zero-order valence-corrected chi connectivity index (χ0v) is 10.5. The highest BCUT2D eigenvalue weighted by Crippen LogP contribution is 2.13. The van der Waals surface area contributed by atoms with Gasteiger partial charge in [0.15, 0.2) is 0 Å². The van der Waals surface area contributed by atoms with Gasteiger partial charge in [0, 0.05) is 6.20 Å². The maximum absolute atomic E-state index is 10.6. The molecule has 3 N–H and O–H groups in total. The molecule has 0 fully saturated rings. The molecule has 0 unspecified atom stereocenters. The van der Waals surface area contributed by atoms with Gasteiger partial charge in [-0.15, -0.1) is 0 Å². The van der Waals surface area contributed by atoms with Crippen molar-refractivity contribution in [2.45, 2.75) is 13.8 Å². The average molecular weight is 262 g/mol. The first-order chi connectivity index (χ1) is 8.93. The van der Waals surface area contributed by atoms with Gasteiger partial charge in [0.1, 0.15) is 0 Å². The lowest BCUT2D eigenvalue weighted by atomic mass is 10.0. The summed E-state index contributed by atoms with van der Waals surface area (Å²) in [6, 6.07) is 6.09. The van der Waals surface area contributed by atoms with Crippen molar-refractivity contribution in [1.29, 1.82) is 0 Å². The molecule has 0 saturated heterocycles. The van der Waals surface area contributed by atoms with E-state index < -0.39 is 11.9 Å². The summed E-state index contributed by atoms with van der Waals surface area (Å²) < 4.78 is 0. The molecule has 0 atom stereocenters. The van der Waals surface area contributed by atoms with Crippen LogP contribution in [0.4, 0.5) is 0 Å². The monoisotopic (exact) mass is 262 g/mol. The van der Waals surface area contributed by atoms with E-state index in [2.05, 4.69) is 10.2 Å². The largest absolute Gasteiger partial charge is 0.478 e. The molecule has 0 aliphatic rings. The number of carbonyl (C=O) groups is 2. The minimum atomic E-state index is -1.11. The second-order valence-electron chi connectivity index (χ2n) is 3.80. The molecule has 0 amide bonds. The van der Waals surface area contributed by atoms with Crippen molar-refractivity contribution < 1.29 is 19.8 Å². The number of H-pyrrole nitrogens is 1. The van der Waals surface area contributed by atoms with Crippen LogP contribution in [0, 0.1) is 13.8 Å². The van der Waals surface area contributed by atoms with E-state index in [0.717, 1.165) is 5.69 Å². The summed E-state index contributed by atoms with van der Waals surface area (Å²) in [5.41, 5.74) is 1.37. The molecule has 2 aromatic rings. The second kappa shape index (κ2) is 6.34. The Balaban J connectivity index is 0.000000250. The molecule has 1 aromatic heterocycles. The van der Waals surface area contributed by atoms with Crippen LogP contribution in [0.1, 0.15) is 32.0 Å². The fraction of sp³-hybridized carbons (Fsp3) is 0.154. The van der Waals surface area contributed by atoms with Crippen LogP contribution in [0.15, 0.2) is 30.5 Å². The predicted octanol–water partition coefficient (Wildman–Crippen LogP) is 2.11. The molecular weight excluding hydrogens is 248 g/mol. The lowest BCUT2D eigenvalue weighted by Gasteiger charge is -2.03. The van der Waals surface area contributed by atoms with Crippen LogP contribution in [0.2, 0.25) is 0 Å². The van der Waals surface area contributed by atoms with Gasteiger partial charge in [0.05, 0.1) is 16.8 Å². The van der Waals surface area contributed by atoms with Crippen LogP contribution in [-0.4, -0.2) is 32.3 Å². The van der Waals surface area contributed by atoms with Gasteiger partial charge < -0.3 is 10.2 Å². The average Bonchev–Trinajstić information content (AvgIpc) is 2.80. The lowest BCUT2D eigenvalue weighted by Crippen LogP contribution is -2.06. The van der Waals surface area contributed by atoms with Crippen LogP contribution in [0.3, 0.4) is 0 Å². The van der Waals surface area contributed by atoms with Gasteiger partial charge in [-0.25, -0.2) is 9.59 Å². The van der Waals surface area contributed by atoms with Gasteiger partial charge in [-0.05, 0) is 37.6 Å². The van der Waals surface area contributed by atoms with Crippen molar-refractivity contribution in [3.8, 4) is 0 Å². The summed E-state index contributed by atoms with van der Waals surface area (Å²) in [6.45, 7) is 3.42.